The molecule has 136 valence electrons. The number of anilines is 1. The van der Waals surface area contributed by atoms with Gasteiger partial charge >= 0.3 is 0 Å². The van der Waals surface area contributed by atoms with Crippen LogP contribution >= 0.6 is 11.3 Å². The minimum atomic E-state index is -3.64. The van der Waals surface area contributed by atoms with Crippen molar-refractivity contribution in [3.8, 4) is 0 Å². The fourth-order valence-corrected chi connectivity index (χ4v) is 5.93. The van der Waals surface area contributed by atoms with Crippen molar-refractivity contribution in [1.82, 2.24) is 14.5 Å². The van der Waals surface area contributed by atoms with E-state index in [9.17, 15) is 13.2 Å². The van der Waals surface area contributed by atoms with E-state index < -0.39 is 15.9 Å². The number of amides is 1. The number of aromatic amines is 1. The summed E-state index contributed by atoms with van der Waals surface area (Å²) in [4.78, 5) is 13.0. The molecule has 3 aromatic rings. The van der Waals surface area contributed by atoms with Crippen LogP contribution in [0.4, 0.5) is 5.69 Å². The molecule has 0 bridgehead atoms. The largest absolute Gasteiger partial charge is 0.321 e. The molecular weight excluding hydrogens is 372 g/mol. The zero-order valence-corrected chi connectivity index (χ0v) is 15.6. The fraction of sp³-hybridized carbons (Fsp3) is 0.294. The highest BCUT2D eigenvalue weighted by Gasteiger charge is 2.31. The van der Waals surface area contributed by atoms with Crippen LogP contribution in [0, 0.1) is 0 Å². The van der Waals surface area contributed by atoms with Gasteiger partial charge in [-0.25, -0.2) is 8.42 Å². The second kappa shape index (κ2) is 6.82. The summed E-state index contributed by atoms with van der Waals surface area (Å²) in [5.41, 5.74) is 1.46. The number of H-pyrrole nitrogens is 1. The summed E-state index contributed by atoms with van der Waals surface area (Å²) >= 11 is 1.14. The van der Waals surface area contributed by atoms with E-state index in [2.05, 4.69) is 15.5 Å². The standard InChI is InChI=1S/C17H18N4O3S2/c22-17(19-13-4-5-14-12(10-13)11-18-20-14)16-15(6-9-25-16)26(23,24)21-7-2-1-3-8-21/h4-6,9-11H,1-3,7-8H2,(H,18,20)(H,19,22). The third kappa shape index (κ3) is 3.13. The van der Waals surface area contributed by atoms with Crippen molar-refractivity contribution in [3.05, 3.63) is 40.7 Å². The second-order valence-electron chi connectivity index (χ2n) is 6.20. The number of thiophene rings is 1. The lowest BCUT2D eigenvalue weighted by atomic mass is 10.2. The fourth-order valence-electron chi connectivity index (χ4n) is 3.12. The van der Waals surface area contributed by atoms with E-state index in [4.69, 9.17) is 0 Å². The van der Waals surface area contributed by atoms with Gasteiger partial charge < -0.3 is 5.32 Å². The van der Waals surface area contributed by atoms with Gasteiger partial charge in [-0.2, -0.15) is 9.40 Å². The molecule has 0 saturated carbocycles. The predicted octanol–water partition coefficient (Wildman–Crippen LogP) is 3.05. The van der Waals surface area contributed by atoms with E-state index >= 15 is 0 Å². The Hall–Kier alpha value is -2.23. The summed E-state index contributed by atoms with van der Waals surface area (Å²) < 4.78 is 27.3. The molecule has 1 saturated heterocycles. The Morgan fingerprint density at radius 3 is 2.81 bits per heavy atom. The van der Waals surface area contributed by atoms with Crippen molar-refractivity contribution in [2.75, 3.05) is 18.4 Å². The number of carbonyl (C=O) groups is 1. The van der Waals surface area contributed by atoms with E-state index in [0.29, 0.717) is 18.8 Å². The highest BCUT2D eigenvalue weighted by Crippen LogP contribution is 2.28. The molecule has 0 spiro atoms. The molecule has 1 aliphatic rings. The molecule has 1 fully saturated rings. The maximum absolute atomic E-state index is 12.9. The van der Waals surface area contributed by atoms with E-state index in [1.165, 1.54) is 10.4 Å². The minimum absolute atomic E-state index is 0.0892. The van der Waals surface area contributed by atoms with Crippen LogP contribution in [0.5, 0.6) is 0 Å². The lowest BCUT2D eigenvalue weighted by molar-refractivity contribution is 0.102. The highest BCUT2D eigenvalue weighted by molar-refractivity contribution is 7.89. The maximum atomic E-state index is 12.9. The van der Waals surface area contributed by atoms with Crippen molar-refractivity contribution < 1.29 is 13.2 Å². The lowest BCUT2D eigenvalue weighted by Crippen LogP contribution is -2.36. The first-order valence-corrected chi connectivity index (χ1v) is 10.7. The summed E-state index contributed by atoms with van der Waals surface area (Å²) in [7, 11) is -3.64. The molecule has 2 aromatic heterocycles. The Bertz CT molecular complexity index is 1050. The van der Waals surface area contributed by atoms with Crippen molar-refractivity contribution in [2.24, 2.45) is 0 Å². The van der Waals surface area contributed by atoms with Crippen LogP contribution < -0.4 is 5.32 Å². The zero-order chi connectivity index (χ0) is 18.1. The third-order valence-corrected chi connectivity index (χ3v) is 7.45. The normalized spacial score (nSPS) is 16.0. The van der Waals surface area contributed by atoms with Gasteiger partial charge in [-0.05, 0) is 42.5 Å². The quantitative estimate of drug-likeness (QED) is 0.716. The van der Waals surface area contributed by atoms with Crippen LogP contribution in [-0.2, 0) is 10.0 Å². The molecule has 9 heteroatoms. The monoisotopic (exact) mass is 390 g/mol. The number of fused-ring (bicyclic) bond motifs is 1. The van der Waals surface area contributed by atoms with Gasteiger partial charge in [0.05, 0.1) is 11.7 Å². The number of hydrogen-bond donors (Lipinski definition) is 2. The Morgan fingerprint density at radius 1 is 1.19 bits per heavy atom. The van der Waals surface area contributed by atoms with E-state index in [0.717, 1.165) is 41.5 Å². The number of piperidine rings is 1. The van der Waals surface area contributed by atoms with Gasteiger partial charge in [0, 0.05) is 24.2 Å². The molecule has 3 heterocycles. The van der Waals surface area contributed by atoms with Crippen molar-refractivity contribution in [3.63, 3.8) is 0 Å². The average molecular weight is 390 g/mol. The Balaban J connectivity index is 1.60. The summed E-state index contributed by atoms with van der Waals surface area (Å²) in [5, 5.41) is 12.1. The van der Waals surface area contributed by atoms with Crippen LogP contribution in [0.3, 0.4) is 0 Å². The van der Waals surface area contributed by atoms with E-state index in [1.54, 1.807) is 23.7 Å². The molecule has 1 amide bonds. The van der Waals surface area contributed by atoms with Gasteiger partial charge in [0.15, 0.2) is 0 Å². The lowest BCUT2D eigenvalue weighted by Gasteiger charge is -2.25. The molecule has 1 aromatic carbocycles. The van der Waals surface area contributed by atoms with Crippen LogP contribution in [0.1, 0.15) is 28.9 Å². The molecule has 0 unspecified atom stereocenters. The zero-order valence-electron chi connectivity index (χ0n) is 13.9. The number of nitrogens with zero attached hydrogens (tertiary/aromatic N) is 2. The molecule has 2 N–H and O–H groups in total. The third-order valence-electron chi connectivity index (χ3n) is 4.47. The molecule has 1 aliphatic heterocycles. The summed E-state index contributed by atoms with van der Waals surface area (Å²) in [6, 6.07) is 6.88. The van der Waals surface area contributed by atoms with Gasteiger partial charge in [-0.15, -0.1) is 11.3 Å². The molecule has 0 atom stereocenters. The van der Waals surface area contributed by atoms with Crippen molar-refractivity contribution >= 4 is 43.9 Å². The van der Waals surface area contributed by atoms with Crippen LogP contribution in [-0.4, -0.2) is 41.9 Å². The van der Waals surface area contributed by atoms with Crippen LogP contribution in [0.15, 0.2) is 40.7 Å². The summed E-state index contributed by atoms with van der Waals surface area (Å²) in [6.07, 6.45) is 4.42. The van der Waals surface area contributed by atoms with Gasteiger partial charge in [0.1, 0.15) is 9.77 Å². The number of hydrogen-bond acceptors (Lipinski definition) is 5. The molecule has 0 aliphatic carbocycles. The van der Waals surface area contributed by atoms with E-state index in [1.807, 2.05) is 6.07 Å². The number of benzene rings is 1. The van der Waals surface area contributed by atoms with Gasteiger partial charge in [-0.3, -0.25) is 9.89 Å². The summed E-state index contributed by atoms with van der Waals surface area (Å²) in [5.74, 6) is -0.418. The van der Waals surface area contributed by atoms with Crippen LogP contribution in [0.25, 0.3) is 10.9 Å². The van der Waals surface area contributed by atoms with Gasteiger partial charge in [-0.1, -0.05) is 6.42 Å². The van der Waals surface area contributed by atoms with Crippen molar-refractivity contribution in [2.45, 2.75) is 24.2 Å². The molecule has 0 radical (unpaired) electrons. The van der Waals surface area contributed by atoms with Gasteiger partial charge in [0.25, 0.3) is 5.91 Å². The highest BCUT2D eigenvalue weighted by atomic mass is 32.2. The topological polar surface area (TPSA) is 95.2 Å². The molecule has 4 rings (SSSR count). The first kappa shape index (κ1) is 17.2. The predicted molar refractivity (Wildman–Crippen MR) is 101 cm³/mol. The second-order valence-corrected chi connectivity index (χ2v) is 9.03. The maximum Gasteiger partial charge on any atom is 0.267 e. The first-order chi connectivity index (χ1) is 12.6. The smallest absolute Gasteiger partial charge is 0.267 e. The molecule has 26 heavy (non-hydrogen) atoms. The van der Waals surface area contributed by atoms with Crippen LogP contribution in [0.2, 0.25) is 0 Å². The first-order valence-electron chi connectivity index (χ1n) is 8.38. The summed E-state index contributed by atoms with van der Waals surface area (Å²) in [6.45, 7) is 1.02. The average Bonchev–Trinajstić information content (AvgIpc) is 3.31. The number of carbonyl (C=O) groups excluding carboxylic acids is 1. The Kier molecular flexibility index (Phi) is 4.51. The minimum Gasteiger partial charge on any atom is -0.321 e. The number of aromatic nitrogens is 2. The van der Waals surface area contributed by atoms with Gasteiger partial charge in [0.2, 0.25) is 10.0 Å². The molecular formula is C17H18N4O3S2. The molecule has 7 nitrogen and oxygen atoms in total. The Labute approximate surface area is 155 Å². The Morgan fingerprint density at radius 2 is 2.00 bits per heavy atom. The van der Waals surface area contributed by atoms with Crippen molar-refractivity contribution in [1.29, 1.82) is 0 Å². The SMILES string of the molecule is O=C(Nc1ccc2[nH]ncc2c1)c1sccc1S(=O)(=O)N1CCCCC1. The van der Waals surface area contributed by atoms with E-state index in [-0.39, 0.29) is 9.77 Å². The number of nitrogens with one attached hydrogen (secondary N) is 2. The number of sulfonamides is 1. The number of rotatable bonds is 4.